The molecule has 2 aromatic rings. The van der Waals surface area contributed by atoms with E-state index in [0.717, 1.165) is 10.0 Å². The third kappa shape index (κ3) is 3.65. The lowest BCUT2D eigenvalue weighted by Crippen LogP contribution is -2.19. The Morgan fingerprint density at radius 2 is 1.75 bits per heavy atom. The number of benzene rings is 2. The van der Waals surface area contributed by atoms with Crippen molar-refractivity contribution in [3.63, 3.8) is 0 Å². The first-order valence-corrected chi connectivity index (χ1v) is 7.66. The van der Waals surface area contributed by atoms with Gasteiger partial charge in [0.05, 0.1) is 4.47 Å². The molecule has 1 N–H and O–H groups in total. The molecule has 0 heterocycles. The maximum atomic E-state index is 13.8. The smallest absolute Gasteiger partial charge is 0.137 e. The monoisotopic (exact) mass is 403 g/mol. The number of halogens is 4. The highest BCUT2D eigenvalue weighted by Gasteiger charge is 2.14. The van der Waals surface area contributed by atoms with Gasteiger partial charge in [0.15, 0.2) is 0 Å². The van der Waals surface area contributed by atoms with Gasteiger partial charge in [-0.05, 0) is 70.9 Å². The molecule has 0 aliphatic heterocycles. The Balaban J connectivity index is 2.28. The quantitative estimate of drug-likeness (QED) is 0.756. The lowest BCUT2D eigenvalue weighted by molar-refractivity contribution is 0.551. The van der Waals surface area contributed by atoms with Gasteiger partial charge in [0, 0.05) is 10.5 Å². The second kappa shape index (κ2) is 6.78. The van der Waals surface area contributed by atoms with Gasteiger partial charge in [0.1, 0.15) is 11.6 Å². The van der Waals surface area contributed by atoms with Gasteiger partial charge < -0.3 is 5.32 Å². The molecule has 20 heavy (non-hydrogen) atoms. The Morgan fingerprint density at radius 3 is 2.40 bits per heavy atom. The van der Waals surface area contributed by atoms with Crippen molar-refractivity contribution in [1.29, 1.82) is 0 Å². The van der Waals surface area contributed by atoms with Gasteiger partial charge in [-0.1, -0.05) is 22.0 Å². The van der Waals surface area contributed by atoms with Crippen molar-refractivity contribution in [2.45, 2.75) is 12.5 Å². The molecule has 1 unspecified atom stereocenters. The van der Waals surface area contributed by atoms with Gasteiger partial charge in [-0.15, -0.1) is 0 Å². The summed E-state index contributed by atoms with van der Waals surface area (Å²) in [7, 11) is 1.80. The Hall–Kier alpha value is -0.780. The Bertz CT molecular complexity index is 617. The molecule has 0 aliphatic rings. The minimum atomic E-state index is -0.308. The summed E-state index contributed by atoms with van der Waals surface area (Å²) in [4.78, 5) is 0. The summed E-state index contributed by atoms with van der Waals surface area (Å²) in [6.07, 6.45) is 0.486. The van der Waals surface area contributed by atoms with E-state index in [-0.39, 0.29) is 17.7 Å². The van der Waals surface area contributed by atoms with E-state index in [1.54, 1.807) is 31.3 Å². The standard InChI is InChI=1S/C15H13Br2F2N/c1-20-15(9-2-4-14(19)12(17)7-9)8-10-6-11(16)3-5-13(10)18/h2-7,15,20H,8H2,1H3. The molecule has 2 rings (SSSR count). The van der Waals surface area contributed by atoms with Crippen LogP contribution in [0.4, 0.5) is 8.78 Å². The third-order valence-electron chi connectivity index (χ3n) is 3.13. The van der Waals surface area contributed by atoms with Crippen molar-refractivity contribution in [1.82, 2.24) is 5.32 Å². The van der Waals surface area contributed by atoms with Crippen LogP contribution in [0.1, 0.15) is 17.2 Å². The van der Waals surface area contributed by atoms with E-state index in [9.17, 15) is 8.78 Å². The van der Waals surface area contributed by atoms with Crippen LogP contribution in [-0.2, 0) is 6.42 Å². The molecule has 0 aliphatic carbocycles. The van der Waals surface area contributed by atoms with E-state index in [2.05, 4.69) is 37.2 Å². The van der Waals surface area contributed by atoms with E-state index < -0.39 is 0 Å². The molecule has 0 bridgehead atoms. The zero-order valence-corrected chi connectivity index (χ0v) is 13.9. The van der Waals surface area contributed by atoms with Crippen molar-refractivity contribution >= 4 is 31.9 Å². The van der Waals surface area contributed by atoms with Gasteiger partial charge in [-0.3, -0.25) is 0 Å². The second-order valence-corrected chi connectivity index (χ2v) is 6.22. The number of likely N-dealkylation sites (N-methyl/N-ethyl adjacent to an activating group) is 1. The maximum absolute atomic E-state index is 13.8. The van der Waals surface area contributed by atoms with Crippen LogP contribution in [0.15, 0.2) is 45.3 Å². The van der Waals surface area contributed by atoms with E-state index in [4.69, 9.17) is 0 Å². The Morgan fingerprint density at radius 1 is 1.05 bits per heavy atom. The number of hydrogen-bond donors (Lipinski definition) is 1. The lowest BCUT2D eigenvalue weighted by Gasteiger charge is -2.18. The Kier molecular flexibility index (Phi) is 5.29. The Labute approximate surface area is 133 Å². The number of nitrogens with one attached hydrogen (secondary N) is 1. The van der Waals surface area contributed by atoms with Crippen LogP contribution >= 0.6 is 31.9 Å². The molecule has 106 valence electrons. The second-order valence-electron chi connectivity index (χ2n) is 4.45. The van der Waals surface area contributed by atoms with Crippen LogP contribution in [0.5, 0.6) is 0 Å². The topological polar surface area (TPSA) is 12.0 Å². The molecule has 1 atom stereocenters. The van der Waals surface area contributed by atoms with Crippen molar-refractivity contribution in [3.05, 3.63) is 68.1 Å². The highest BCUT2D eigenvalue weighted by Crippen LogP contribution is 2.25. The van der Waals surface area contributed by atoms with Gasteiger partial charge in [0.2, 0.25) is 0 Å². The lowest BCUT2D eigenvalue weighted by atomic mass is 9.98. The third-order valence-corrected chi connectivity index (χ3v) is 4.23. The number of hydrogen-bond acceptors (Lipinski definition) is 1. The summed E-state index contributed by atoms with van der Waals surface area (Å²) in [5.74, 6) is -0.549. The zero-order chi connectivity index (χ0) is 14.7. The van der Waals surface area contributed by atoms with E-state index in [1.807, 2.05) is 0 Å². The summed E-state index contributed by atoms with van der Waals surface area (Å²) in [5.41, 5.74) is 1.51. The largest absolute Gasteiger partial charge is 0.313 e. The van der Waals surface area contributed by atoms with E-state index in [0.29, 0.717) is 16.5 Å². The van der Waals surface area contributed by atoms with Crippen molar-refractivity contribution < 1.29 is 8.78 Å². The first kappa shape index (κ1) is 15.6. The first-order chi connectivity index (χ1) is 9.51. The fraction of sp³-hybridized carbons (Fsp3) is 0.200. The summed E-state index contributed by atoms with van der Waals surface area (Å²) >= 11 is 6.51. The van der Waals surface area contributed by atoms with Crippen molar-refractivity contribution in [2.75, 3.05) is 7.05 Å². The summed E-state index contributed by atoms with van der Waals surface area (Å²) < 4.78 is 28.3. The van der Waals surface area contributed by atoms with Crippen LogP contribution in [0, 0.1) is 11.6 Å². The normalized spacial score (nSPS) is 12.4. The fourth-order valence-electron chi connectivity index (χ4n) is 2.04. The minimum Gasteiger partial charge on any atom is -0.313 e. The molecule has 2 aromatic carbocycles. The predicted molar refractivity (Wildman–Crippen MR) is 83.7 cm³/mol. The maximum Gasteiger partial charge on any atom is 0.137 e. The van der Waals surface area contributed by atoms with Gasteiger partial charge in [-0.25, -0.2) is 8.78 Å². The summed E-state index contributed by atoms with van der Waals surface area (Å²) in [5, 5.41) is 3.13. The van der Waals surface area contributed by atoms with Gasteiger partial charge in [0.25, 0.3) is 0 Å². The predicted octanol–water partition coefficient (Wildman–Crippen LogP) is 4.99. The highest BCUT2D eigenvalue weighted by molar-refractivity contribution is 9.10. The number of rotatable bonds is 4. The van der Waals surface area contributed by atoms with E-state index >= 15 is 0 Å². The molecule has 0 saturated heterocycles. The zero-order valence-electron chi connectivity index (χ0n) is 10.8. The molecule has 0 aromatic heterocycles. The molecule has 1 nitrogen and oxygen atoms in total. The van der Waals surface area contributed by atoms with Gasteiger partial charge in [-0.2, -0.15) is 0 Å². The first-order valence-electron chi connectivity index (χ1n) is 6.07. The molecule has 0 amide bonds. The van der Waals surface area contributed by atoms with Crippen LogP contribution in [0.2, 0.25) is 0 Å². The molecule has 0 radical (unpaired) electrons. The van der Waals surface area contributed by atoms with Crippen LogP contribution < -0.4 is 5.32 Å². The molecule has 0 fully saturated rings. The SMILES string of the molecule is CNC(Cc1cc(Br)ccc1F)c1ccc(F)c(Br)c1. The van der Waals surface area contributed by atoms with Crippen LogP contribution in [0.25, 0.3) is 0 Å². The van der Waals surface area contributed by atoms with Gasteiger partial charge >= 0.3 is 0 Å². The summed E-state index contributed by atoms with van der Waals surface area (Å²) in [6, 6.07) is 9.60. The summed E-state index contributed by atoms with van der Waals surface area (Å²) in [6.45, 7) is 0. The highest BCUT2D eigenvalue weighted by atomic mass is 79.9. The molecular weight excluding hydrogens is 392 g/mol. The molecule has 5 heteroatoms. The average molecular weight is 405 g/mol. The fourth-order valence-corrected chi connectivity index (χ4v) is 2.84. The average Bonchev–Trinajstić information content (AvgIpc) is 2.43. The van der Waals surface area contributed by atoms with Crippen molar-refractivity contribution in [3.8, 4) is 0 Å². The minimum absolute atomic E-state index is 0.0873. The molecular formula is C15H13Br2F2N. The van der Waals surface area contributed by atoms with Crippen LogP contribution in [0.3, 0.4) is 0 Å². The van der Waals surface area contributed by atoms with Crippen LogP contribution in [-0.4, -0.2) is 7.05 Å². The molecule has 0 saturated carbocycles. The van der Waals surface area contributed by atoms with Crippen molar-refractivity contribution in [2.24, 2.45) is 0 Å². The van der Waals surface area contributed by atoms with E-state index in [1.165, 1.54) is 12.1 Å². The molecule has 0 spiro atoms.